The summed E-state index contributed by atoms with van der Waals surface area (Å²) in [6.45, 7) is 4.93. The molecule has 0 amide bonds. The van der Waals surface area contributed by atoms with E-state index in [2.05, 4.69) is 5.32 Å². The van der Waals surface area contributed by atoms with Gasteiger partial charge in [-0.25, -0.2) is 0 Å². The SMILES string of the molecule is CC1(C)CNc2ccc(CO)cc2O1. The molecule has 0 saturated carbocycles. The van der Waals surface area contributed by atoms with Crippen LogP contribution < -0.4 is 10.1 Å². The van der Waals surface area contributed by atoms with E-state index in [0.29, 0.717) is 0 Å². The van der Waals surface area contributed by atoms with Crippen LogP contribution in [0.4, 0.5) is 5.69 Å². The number of rotatable bonds is 1. The molecule has 2 N–H and O–H groups in total. The van der Waals surface area contributed by atoms with E-state index in [1.54, 1.807) is 0 Å². The summed E-state index contributed by atoms with van der Waals surface area (Å²) in [6, 6.07) is 5.72. The predicted octanol–water partition coefficient (Wildman–Crippen LogP) is 1.76. The van der Waals surface area contributed by atoms with Gasteiger partial charge in [0.1, 0.15) is 11.4 Å². The molecule has 14 heavy (non-hydrogen) atoms. The van der Waals surface area contributed by atoms with Crippen molar-refractivity contribution in [1.82, 2.24) is 0 Å². The summed E-state index contributed by atoms with van der Waals surface area (Å²) < 4.78 is 5.79. The molecular formula is C11H15NO2. The Hall–Kier alpha value is -1.22. The van der Waals surface area contributed by atoms with Gasteiger partial charge in [0, 0.05) is 0 Å². The maximum Gasteiger partial charge on any atom is 0.143 e. The zero-order chi connectivity index (χ0) is 10.2. The van der Waals surface area contributed by atoms with Crippen LogP contribution >= 0.6 is 0 Å². The van der Waals surface area contributed by atoms with Crippen molar-refractivity contribution in [2.75, 3.05) is 11.9 Å². The monoisotopic (exact) mass is 193 g/mol. The van der Waals surface area contributed by atoms with Crippen LogP contribution in [0.25, 0.3) is 0 Å². The largest absolute Gasteiger partial charge is 0.484 e. The molecule has 0 fully saturated rings. The molecule has 0 spiro atoms. The van der Waals surface area contributed by atoms with Crippen molar-refractivity contribution in [3.63, 3.8) is 0 Å². The molecule has 1 heterocycles. The molecule has 1 aromatic carbocycles. The molecule has 0 aliphatic carbocycles. The van der Waals surface area contributed by atoms with Crippen LogP contribution in [0, 0.1) is 0 Å². The number of benzene rings is 1. The number of aliphatic hydroxyl groups is 1. The normalized spacial score (nSPS) is 17.9. The second-order valence-electron chi connectivity index (χ2n) is 4.20. The second kappa shape index (κ2) is 3.17. The van der Waals surface area contributed by atoms with E-state index in [4.69, 9.17) is 9.84 Å². The van der Waals surface area contributed by atoms with Gasteiger partial charge in [-0.3, -0.25) is 0 Å². The van der Waals surface area contributed by atoms with Gasteiger partial charge in [-0.1, -0.05) is 6.07 Å². The van der Waals surface area contributed by atoms with Crippen molar-refractivity contribution in [3.05, 3.63) is 23.8 Å². The fraction of sp³-hybridized carbons (Fsp3) is 0.455. The quantitative estimate of drug-likeness (QED) is 0.714. The van der Waals surface area contributed by atoms with Gasteiger partial charge in [0.15, 0.2) is 0 Å². The highest BCUT2D eigenvalue weighted by Gasteiger charge is 2.25. The van der Waals surface area contributed by atoms with E-state index in [0.717, 1.165) is 23.5 Å². The van der Waals surface area contributed by atoms with Crippen molar-refractivity contribution in [2.45, 2.75) is 26.1 Å². The molecule has 1 aromatic rings. The van der Waals surface area contributed by atoms with Crippen LogP contribution in [0.3, 0.4) is 0 Å². The summed E-state index contributed by atoms with van der Waals surface area (Å²) in [5.74, 6) is 0.827. The molecule has 0 unspecified atom stereocenters. The van der Waals surface area contributed by atoms with E-state index in [9.17, 15) is 0 Å². The second-order valence-corrected chi connectivity index (χ2v) is 4.20. The number of nitrogens with one attached hydrogen (secondary N) is 1. The summed E-state index contributed by atoms with van der Waals surface area (Å²) in [7, 11) is 0. The van der Waals surface area contributed by atoms with Gasteiger partial charge < -0.3 is 15.2 Å². The smallest absolute Gasteiger partial charge is 0.143 e. The average Bonchev–Trinajstić information content (AvgIpc) is 2.15. The number of anilines is 1. The van der Waals surface area contributed by atoms with Gasteiger partial charge in [-0.2, -0.15) is 0 Å². The first kappa shape index (κ1) is 9.34. The van der Waals surface area contributed by atoms with E-state index in [1.807, 2.05) is 32.0 Å². The predicted molar refractivity (Wildman–Crippen MR) is 55.6 cm³/mol. The Kier molecular flexibility index (Phi) is 2.11. The minimum Gasteiger partial charge on any atom is -0.484 e. The highest BCUT2D eigenvalue weighted by molar-refractivity contribution is 5.59. The maximum absolute atomic E-state index is 8.99. The topological polar surface area (TPSA) is 41.5 Å². The highest BCUT2D eigenvalue weighted by atomic mass is 16.5. The number of ether oxygens (including phenoxy) is 1. The summed E-state index contributed by atoms with van der Waals surface area (Å²) in [4.78, 5) is 0. The van der Waals surface area contributed by atoms with E-state index in [1.165, 1.54) is 0 Å². The Morgan fingerprint density at radius 2 is 2.29 bits per heavy atom. The average molecular weight is 193 g/mol. The fourth-order valence-electron chi connectivity index (χ4n) is 1.54. The lowest BCUT2D eigenvalue weighted by atomic mass is 10.1. The van der Waals surface area contributed by atoms with Gasteiger partial charge >= 0.3 is 0 Å². The summed E-state index contributed by atoms with van der Waals surface area (Å²) in [6.07, 6.45) is 0. The minimum absolute atomic E-state index is 0.0526. The Balaban J connectivity index is 2.34. The van der Waals surface area contributed by atoms with E-state index >= 15 is 0 Å². The van der Waals surface area contributed by atoms with Gasteiger partial charge in [-0.15, -0.1) is 0 Å². The Bertz CT molecular complexity index is 347. The van der Waals surface area contributed by atoms with Crippen molar-refractivity contribution < 1.29 is 9.84 Å². The molecule has 0 radical (unpaired) electrons. The van der Waals surface area contributed by atoms with Crippen LogP contribution in [-0.4, -0.2) is 17.3 Å². The molecular weight excluding hydrogens is 178 g/mol. The standard InChI is InChI=1S/C11H15NO2/c1-11(2)7-12-9-4-3-8(6-13)5-10(9)14-11/h3-5,12-13H,6-7H2,1-2H3. The Morgan fingerprint density at radius 1 is 1.50 bits per heavy atom. The van der Waals surface area contributed by atoms with E-state index in [-0.39, 0.29) is 12.2 Å². The summed E-state index contributed by atoms with van der Waals surface area (Å²) >= 11 is 0. The van der Waals surface area contributed by atoms with E-state index < -0.39 is 0 Å². The molecule has 0 saturated heterocycles. The highest BCUT2D eigenvalue weighted by Crippen LogP contribution is 2.33. The molecule has 3 heteroatoms. The first-order chi connectivity index (χ1) is 6.61. The minimum atomic E-state index is -0.179. The number of aliphatic hydroxyl groups excluding tert-OH is 1. The lowest BCUT2D eigenvalue weighted by molar-refractivity contribution is 0.116. The molecule has 0 bridgehead atoms. The third kappa shape index (κ3) is 1.68. The zero-order valence-corrected chi connectivity index (χ0v) is 8.50. The summed E-state index contributed by atoms with van der Waals surface area (Å²) in [5.41, 5.74) is 1.70. The number of hydrogen-bond acceptors (Lipinski definition) is 3. The molecule has 1 aliphatic rings. The van der Waals surface area contributed by atoms with Crippen LogP contribution in [0.15, 0.2) is 18.2 Å². The van der Waals surface area contributed by atoms with Crippen LogP contribution in [0.2, 0.25) is 0 Å². The first-order valence-electron chi connectivity index (χ1n) is 4.77. The first-order valence-corrected chi connectivity index (χ1v) is 4.77. The fourth-order valence-corrected chi connectivity index (χ4v) is 1.54. The lowest BCUT2D eigenvalue weighted by Crippen LogP contribution is -2.40. The van der Waals surface area contributed by atoms with Crippen LogP contribution in [0.5, 0.6) is 5.75 Å². The molecule has 0 aromatic heterocycles. The van der Waals surface area contributed by atoms with Gasteiger partial charge in [0.2, 0.25) is 0 Å². The van der Waals surface area contributed by atoms with Gasteiger partial charge in [0.25, 0.3) is 0 Å². The zero-order valence-electron chi connectivity index (χ0n) is 8.50. The number of hydrogen-bond donors (Lipinski definition) is 2. The van der Waals surface area contributed by atoms with Gasteiger partial charge in [-0.05, 0) is 31.5 Å². The third-order valence-corrected chi connectivity index (χ3v) is 2.32. The van der Waals surface area contributed by atoms with Crippen LogP contribution in [0.1, 0.15) is 19.4 Å². The third-order valence-electron chi connectivity index (χ3n) is 2.32. The molecule has 0 atom stereocenters. The van der Waals surface area contributed by atoms with Gasteiger partial charge in [0.05, 0.1) is 18.8 Å². The van der Waals surface area contributed by atoms with Crippen LogP contribution in [-0.2, 0) is 6.61 Å². The lowest BCUT2D eigenvalue weighted by Gasteiger charge is -2.33. The van der Waals surface area contributed by atoms with Crippen molar-refractivity contribution in [3.8, 4) is 5.75 Å². The number of fused-ring (bicyclic) bond motifs is 1. The summed E-state index contributed by atoms with van der Waals surface area (Å²) in [5, 5.41) is 12.3. The molecule has 1 aliphatic heterocycles. The Labute approximate surface area is 83.7 Å². The molecule has 76 valence electrons. The molecule has 3 nitrogen and oxygen atoms in total. The Morgan fingerprint density at radius 3 is 3.00 bits per heavy atom. The maximum atomic E-state index is 8.99. The van der Waals surface area contributed by atoms with Crippen molar-refractivity contribution >= 4 is 5.69 Å². The van der Waals surface area contributed by atoms with Crippen molar-refractivity contribution in [2.24, 2.45) is 0 Å². The van der Waals surface area contributed by atoms with Crippen molar-refractivity contribution in [1.29, 1.82) is 0 Å². The molecule has 2 rings (SSSR count).